The molecule has 0 aromatic carbocycles. The fourth-order valence-corrected chi connectivity index (χ4v) is 0.298. The molecule has 0 atom stereocenters. The minimum absolute atomic E-state index is 0.173. The van der Waals surface area contributed by atoms with E-state index in [2.05, 4.69) is 11.4 Å². The molecule has 0 aliphatic rings. The molecule has 0 saturated heterocycles. The highest BCUT2D eigenvalue weighted by atomic mass is 35.5. The summed E-state index contributed by atoms with van der Waals surface area (Å²) in [5, 5.41) is 8.90. The zero-order valence-electron chi connectivity index (χ0n) is 4.63. The first kappa shape index (κ1) is 9.20. The lowest BCUT2D eigenvalue weighted by molar-refractivity contribution is -0.331. The van der Waals surface area contributed by atoms with Gasteiger partial charge in [0.25, 0.3) is 0 Å². The van der Waals surface area contributed by atoms with Crippen LogP contribution in [0.25, 0.3) is 0 Å². The molecule has 0 aromatic heterocycles. The lowest BCUT2D eigenvalue weighted by atomic mass is 10.7. The number of halogens is 2. The molecule has 54 valence electrons. The normalized spacial score (nSPS) is 10.8. The molecule has 0 unspecified atom stereocenters. The fourth-order valence-electron chi connectivity index (χ4n) is 0.185. The Morgan fingerprint density at radius 3 is 2.67 bits per heavy atom. The summed E-state index contributed by atoms with van der Waals surface area (Å²) in [6.45, 7) is 3.52. The number of nitrogens with zero attached hydrogens (tertiary/aromatic N) is 1. The van der Waals surface area contributed by atoms with Crippen LogP contribution < -0.4 is 0 Å². The van der Waals surface area contributed by atoms with E-state index in [9.17, 15) is 0 Å². The monoisotopic (exact) mass is 171 g/mol. The minimum Gasteiger partial charge on any atom is -0.287 e. The average molecular weight is 172 g/mol. The van der Waals surface area contributed by atoms with E-state index in [1.54, 1.807) is 0 Å². The summed E-state index contributed by atoms with van der Waals surface area (Å²) in [4.78, 5) is 3.39. The Labute approximate surface area is 63.3 Å². The van der Waals surface area contributed by atoms with Crippen LogP contribution in [0.2, 0.25) is 0 Å². The van der Waals surface area contributed by atoms with Crippen molar-refractivity contribution >= 4 is 23.2 Å². The third-order valence-electron chi connectivity index (χ3n) is 0.492. The maximum Gasteiger partial charge on any atom is 0.209 e. The number of rotatable bonds is 4. The molecule has 0 spiro atoms. The van der Waals surface area contributed by atoms with Crippen LogP contribution >= 0.6 is 23.2 Å². The molecule has 3 nitrogen and oxygen atoms in total. The van der Waals surface area contributed by atoms with Gasteiger partial charge in [0.2, 0.25) is 4.96 Å². The second-order valence-corrected chi connectivity index (χ2v) is 2.21. The van der Waals surface area contributed by atoms with Crippen molar-refractivity contribution in [3.05, 3.63) is 12.7 Å². The van der Waals surface area contributed by atoms with Gasteiger partial charge in [-0.05, 0) is 5.23 Å². The smallest absolute Gasteiger partial charge is 0.209 e. The van der Waals surface area contributed by atoms with Crippen molar-refractivity contribution in [2.45, 2.75) is 4.96 Å². The Bertz CT molecular complexity index is 88.6. The van der Waals surface area contributed by atoms with E-state index in [0.717, 1.165) is 0 Å². The zero-order valence-corrected chi connectivity index (χ0v) is 6.14. The van der Waals surface area contributed by atoms with Crippen LogP contribution in [0, 0.1) is 0 Å². The quantitative estimate of drug-likeness (QED) is 0.302. The van der Waals surface area contributed by atoms with Crippen LogP contribution in [0.3, 0.4) is 0 Å². The molecular weight excluding hydrogens is 165 g/mol. The summed E-state index contributed by atoms with van der Waals surface area (Å²) in [6, 6.07) is 0. The molecule has 0 heterocycles. The molecule has 9 heavy (non-hydrogen) atoms. The van der Waals surface area contributed by atoms with E-state index in [-0.39, 0.29) is 6.61 Å². The first-order valence-corrected chi connectivity index (χ1v) is 3.06. The molecule has 0 aliphatic carbocycles. The third-order valence-corrected chi connectivity index (χ3v) is 0.826. The number of hydroxylamine groups is 2. The molecule has 0 amide bonds. The second kappa shape index (κ2) is 5.02. The molecule has 0 fully saturated rings. The van der Waals surface area contributed by atoms with Gasteiger partial charge in [-0.15, -0.1) is 6.58 Å². The summed E-state index contributed by atoms with van der Waals surface area (Å²) in [6.07, 6.45) is 1.46. The van der Waals surface area contributed by atoms with Gasteiger partial charge in [0, 0.05) is 0 Å². The molecule has 0 radical (unpaired) electrons. The van der Waals surface area contributed by atoms with Crippen LogP contribution in [0.15, 0.2) is 12.7 Å². The first-order chi connectivity index (χ1) is 4.18. The van der Waals surface area contributed by atoms with E-state index in [0.29, 0.717) is 5.23 Å². The lowest BCUT2D eigenvalue weighted by Crippen LogP contribution is -2.23. The van der Waals surface area contributed by atoms with Crippen LogP contribution in [-0.2, 0) is 4.84 Å². The average Bonchev–Trinajstić information content (AvgIpc) is 1.82. The lowest BCUT2D eigenvalue weighted by Gasteiger charge is -2.12. The van der Waals surface area contributed by atoms with E-state index in [4.69, 9.17) is 28.4 Å². The Hall–Kier alpha value is 0.200. The number of hydrogen-bond donors (Lipinski definition) is 1. The topological polar surface area (TPSA) is 32.7 Å². The molecular formula is C4H7Cl2NO2. The van der Waals surface area contributed by atoms with E-state index < -0.39 is 4.96 Å². The van der Waals surface area contributed by atoms with Crippen molar-refractivity contribution in [2.75, 3.05) is 6.61 Å². The summed E-state index contributed by atoms with van der Waals surface area (Å²) < 4.78 is 0. The van der Waals surface area contributed by atoms with Gasteiger partial charge in [-0.2, -0.15) is 0 Å². The summed E-state index contributed by atoms with van der Waals surface area (Å²) in [7, 11) is 0. The van der Waals surface area contributed by atoms with Crippen LogP contribution in [0.5, 0.6) is 0 Å². The van der Waals surface area contributed by atoms with Crippen molar-refractivity contribution in [1.82, 2.24) is 5.23 Å². The van der Waals surface area contributed by atoms with Gasteiger partial charge in [-0.25, -0.2) is 0 Å². The van der Waals surface area contributed by atoms with Gasteiger partial charge in [0.05, 0.1) is 6.61 Å². The highest BCUT2D eigenvalue weighted by molar-refractivity contribution is 6.43. The van der Waals surface area contributed by atoms with Crippen molar-refractivity contribution in [1.29, 1.82) is 0 Å². The molecule has 0 aliphatic heterocycles. The Morgan fingerprint density at radius 2 is 2.33 bits per heavy atom. The largest absolute Gasteiger partial charge is 0.287 e. The van der Waals surface area contributed by atoms with Crippen LogP contribution in [0.1, 0.15) is 0 Å². The van der Waals surface area contributed by atoms with Crippen LogP contribution in [-0.4, -0.2) is 22.0 Å². The van der Waals surface area contributed by atoms with Gasteiger partial charge in [0.1, 0.15) is 0 Å². The molecule has 0 aromatic rings. The highest BCUT2D eigenvalue weighted by Crippen LogP contribution is 2.05. The van der Waals surface area contributed by atoms with Crippen molar-refractivity contribution in [3.63, 3.8) is 0 Å². The predicted molar refractivity (Wildman–Crippen MR) is 35.3 cm³/mol. The summed E-state index contributed by atoms with van der Waals surface area (Å²) in [5.41, 5.74) is 0. The van der Waals surface area contributed by atoms with E-state index >= 15 is 0 Å². The van der Waals surface area contributed by atoms with E-state index in [1.165, 1.54) is 6.08 Å². The van der Waals surface area contributed by atoms with Crippen molar-refractivity contribution in [2.24, 2.45) is 0 Å². The Kier molecular flexibility index (Phi) is 5.13. The van der Waals surface area contributed by atoms with Gasteiger partial charge < -0.3 is 0 Å². The number of hydrogen-bond acceptors (Lipinski definition) is 3. The predicted octanol–water partition coefficient (Wildman–Crippen LogP) is 1.56. The molecule has 1 N–H and O–H groups in total. The van der Waals surface area contributed by atoms with Crippen LogP contribution in [0.4, 0.5) is 0 Å². The number of alkyl halides is 2. The van der Waals surface area contributed by atoms with Gasteiger partial charge >= 0.3 is 0 Å². The minimum atomic E-state index is -1.06. The molecule has 0 rings (SSSR count). The third kappa shape index (κ3) is 4.69. The summed E-state index contributed by atoms with van der Waals surface area (Å²) >= 11 is 10.3. The SMILES string of the molecule is C=CCON(O)C(Cl)Cl. The van der Waals surface area contributed by atoms with E-state index in [1.807, 2.05) is 0 Å². The Morgan fingerprint density at radius 1 is 1.78 bits per heavy atom. The molecule has 5 heteroatoms. The standard InChI is InChI=1S/C4H7Cl2NO2/c1-2-3-9-7(8)4(5)6/h2,4,8H,1,3H2. The van der Waals surface area contributed by atoms with Crippen molar-refractivity contribution in [3.8, 4) is 0 Å². The zero-order chi connectivity index (χ0) is 7.28. The van der Waals surface area contributed by atoms with Gasteiger partial charge in [-0.3, -0.25) is 10.0 Å². The van der Waals surface area contributed by atoms with Gasteiger partial charge in [-0.1, -0.05) is 29.3 Å². The second-order valence-electron chi connectivity index (χ2n) is 1.16. The fraction of sp³-hybridized carbons (Fsp3) is 0.500. The first-order valence-electron chi connectivity index (χ1n) is 2.18. The Balaban J connectivity index is 3.26. The van der Waals surface area contributed by atoms with Gasteiger partial charge in [0.15, 0.2) is 0 Å². The molecule has 0 saturated carbocycles. The van der Waals surface area contributed by atoms with Crippen molar-refractivity contribution < 1.29 is 10.0 Å². The summed E-state index contributed by atoms with van der Waals surface area (Å²) in [5.74, 6) is 0. The molecule has 0 bridgehead atoms. The highest BCUT2D eigenvalue weighted by Gasteiger charge is 2.07. The maximum absolute atomic E-state index is 8.56. The maximum atomic E-state index is 8.56.